The minimum atomic E-state index is -4.63. The van der Waals surface area contributed by atoms with Crippen molar-refractivity contribution in [2.24, 2.45) is 0 Å². The summed E-state index contributed by atoms with van der Waals surface area (Å²) < 4.78 is 63.1. The first-order valence-corrected chi connectivity index (χ1v) is 9.30. The van der Waals surface area contributed by atoms with Gasteiger partial charge in [-0.25, -0.2) is 8.42 Å². The van der Waals surface area contributed by atoms with Crippen LogP contribution in [0.1, 0.15) is 25.3 Å². The first kappa shape index (κ1) is 20.6. The molecular formula is C14H18ClF3N2O3S. The van der Waals surface area contributed by atoms with E-state index in [9.17, 15) is 26.4 Å². The average molecular weight is 387 g/mol. The molecule has 0 radical (unpaired) electrons. The van der Waals surface area contributed by atoms with Gasteiger partial charge in [0.2, 0.25) is 15.9 Å². The number of carbonyl (C=O) groups is 1. The summed E-state index contributed by atoms with van der Waals surface area (Å²) in [5.74, 6) is -0.263. The Kier molecular flexibility index (Phi) is 6.91. The van der Waals surface area contributed by atoms with Gasteiger partial charge < -0.3 is 5.32 Å². The Morgan fingerprint density at radius 1 is 1.33 bits per heavy atom. The lowest BCUT2D eigenvalue weighted by molar-refractivity contribution is -0.137. The number of nitrogens with zero attached hydrogens (tertiary/aromatic N) is 1. The van der Waals surface area contributed by atoms with Crippen molar-refractivity contribution in [1.82, 2.24) is 5.32 Å². The first-order valence-electron chi connectivity index (χ1n) is 7.08. The lowest BCUT2D eigenvalue weighted by Crippen LogP contribution is -2.38. The van der Waals surface area contributed by atoms with Crippen LogP contribution in [-0.4, -0.2) is 33.7 Å². The summed E-state index contributed by atoms with van der Waals surface area (Å²) >= 11 is 5.88. The molecule has 0 aromatic heterocycles. The van der Waals surface area contributed by atoms with Gasteiger partial charge in [-0.1, -0.05) is 18.5 Å². The molecule has 5 nitrogen and oxygen atoms in total. The number of rotatable bonds is 7. The predicted molar refractivity (Wildman–Crippen MR) is 86.6 cm³/mol. The van der Waals surface area contributed by atoms with Crippen LogP contribution in [-0.2, 0) is 21.0 Å². The molecular weight excluding hydrogens is 369 g/mol. The second-order valence-electron chi connectivity index (χ2n) is 5.10. The van der Waals surface area contributed by atoms with Crippen molar-refractivity contribution in [2.75, 3.05) is 23.7 Å². The predicted octanol–water partition coefficient (Wildman–Crippen LogP) is 3.04. The minimum Gasteiger partial charge on any atom is -0.354 e. The van der Waals surface area contributed by atoms with E-state index < -0.39 is 21.8 Å². The van der Waals surface area contributed by atoms with Gasteiger partial charge in [-0.05, 0) is 24.6 Å². The fourth-order valence-corrected chi connectivity index (χ4v) is 3.16. The van der Waals surface area contributed by atoms with Gasteiger partial charge >= 0.3 is 6.18 Å². The standard InChI is InChI=1S/C14H18ClF3N2O3S/c1-3-4-13(21)19-7-8-20(24(2,22)23)12-9-10(14(16,17)18)5-6-11(12)15/h5-6,9H,3-4,7-8H2,1-2H3,(H,19,21). The molecule has 0 saturated carbocycles. The van der Waals surface area contributed by atoms with E-state index in [2.05, 4.69) is 5.32 Å². The summed E-state index contributed by atoms with van der Waals surface area (Å²) in [7, 11) is -3.88. The number of benzene rings is 1. The largest absolute Gasteiger partial charge is 0.416 e. The number of halogens is 4. The quantitative estimate of drug-likeness (QED) is 0.783. The second-order valence-corrected chi connectivity index (χ2v) is 7.41. The van der Waals surface area contributed by atoms with Gasteiger partial charge in [0.25, 0.3) is 0 Å². The molecule has 0 heterocycles. The monoisotopic (exact) mass is 386 g/mol. The maximum Gasteiger partial charge on any atom is 0.416 e. The van der Waals surface area contributed by atoms with E-state index in [-0.39, 0.29) is 36.1 Å². The number of nitrogens with one attached hydrogen (secondary N) is 1. The lowest BCUT2D eigenvalue weighted by atomic mass is 10.2. The third kappa shape index (κ3) is 5.86. The molecule has 0 aliphatic heterocycles. The number of hydrogen-bond donors (Lipinski definition) is 1. The normalized spacial score (nSPS) is 12.1. The fraction of sp³-hybridized carbons (Fsp3) is 0.500. The van der Waals surface area contributed by atoms with Crippen molar-refractivity contribution in [3.8, 4) is 0 Å². The highest BCUT2D eigenvalue weighted by molar-refractivity contribution is 7.92. The zero-order valence-electron chi connectivity index (χ0n) is 13.2. The van der Waals surface area contributed by atoms with E-state index in [1.165, 1.54) is 0 Å². The Bertz CT molecular complexity index is 693. The number of hydrogen-bond acceptors (Lipinski definition) is 3. The van der Waals surface area contributed by atoms with Crippen molar-refractivity contribution < 1.29 is 26.4 Å². The van der Waals surface area contributed by atoms with Gasteiger partial charge in [-0.2, -0.15) is 13.2 Å². The highest BCUT2D eigenvalue weighted by Crippen LogP contribution is 2.36. The molecule has 0 unspecified atom stereocenters. The van der Waals surface area contributed by atoms with Gasteiger partial charge in [0.1, 0.15) is 0 Å². The van der Waals surface area contributed by atoms with E-state index in [1.54, 1.807) is 0 Å². The van der Waals surface area contributed by atoms with Gasteiger partial charge in [0.05, 0.1) is 29.1 Å². The number of anilines is 1. The summed E-state index contributed by atoms with van der Waals surface area (Å²) in [6.45, 7) is 1.54. The van der Waals surface area contributed by atoms with Crippen LogP contribution in [0.25, 0.3) is 0 Å². The van der Waals surface area contributed by atoms with E-state index in [0.717, 1.165) is 22.7 Å². The molecule has 0 aliphatic rings. The highest BCUT2D eigenvalue weighted by atomic mass is 35.5. The van der Waals surface area contributed by atoms with Crippen LogP contribution in [0.15, 0.2) is 18.2 Å². The van der Waals surface area contributed by atoms with Crippen molar-refractivity contribution in [3.05, 3.63) is 28.8 Å². The lowest BCUT2D eigenvalue weighted by Gasteiger charge is -2.24. The van der Waals surface area contributed by atoms with Crippen molar-refractivity contribution in [2.45, 2.75) is 25.9 Å². The molecule has 1 rings (SSSR count). The molecule has 0 atom stereocenters. The smallest absolute Gasteiger partial charge is 0.354 e. The van der Waals surface area contributed by atoms with Gasteiger partial charge in [0.15, 0.2) is 0 Å². The van der Waals surface area contributed by atoms with Gasteiger partial charge in [-0.15, -0.1) is 0 Å². The zero-order chi connectivity index (χ0) is 18.5. The third-order valence-corrected chi connectivity index (χ3v) is 4.56. The summed E-state index contributed by atoms with van der Waals surface area (Å²) in [4.78, 5) is 11.4. The SMILES string of the molecule is CCCC(=O)NCCN(c1cc(C(F)(F)F)ccc1Cl)S(C)(=O)=O. The topological polar surface area (TPSA) is 66.5 Å². The van der Waals surface area contributed by atoms with Gasteiger partial charge in [0, 0.05) is 13.0 Å². The summed E-state index contributed by atoms with van der Waals surface area (Å²) in [6, 6.07) is 2.44. The van der Waals surface area contributed by atoms with Crippen LogP contribution in [0, 0.1) is 0 Å². The summed E-state index contributed by atoms with van der Waals surface area (Å²) in [5.41, 5.74) is -1.29. The van der Waals surface area contributed by atoms with Crippen LogP contribution in [0.3, 0.4) is 0 Å². The van der Waals surface area contributed by atoms with E-state index in [4.69, 9.17) is 11.6 Å². The molecule has 0 aliphatic carbocycles. The molecule has 1 aromatic carbocycles. The van der Waals surface area contributed by atoms with E-state index in [1.807, 2.05) is 6.92 Å². The summed E-state index contributed by atoms with van der Waals surface area (Å²) in [5, 5.41) is 2.38. The fourth-order valence-electron chi connectivity index (χ4n) is 1.96. The first-order chi connectivity index (χ1) is 11.0. The van der Waals surface area contributed by atoms with Crippen LogP contribution >= 0.6 is 11.6 Å². The van der Waals surface area contributed by atoms with Crippen LogP contribution in [0.4, 0.5) is 18.9 Å². The number of carbonyl (C=O) groups excluding carboxylic acids is 1. The molecule has 0 fully saturated rings. The molecule has 136 valence electrons. The maximum atomic E-state index is 12.8. The maximum absolute atomic E-state index is 12.8. The Balaban J connectivity index is 3.08. The van der Waals surface area contributed by atoms with Crippen LogP contribution < -0.4 is 9.62 Å². The third-order valence-electron chi connectivity index (χ3n) is 3.06. The molecule has 0 bridgehead atoms. The Hall–Kier alpha value is -1.48. The molecule has 1 N–H and O–H groups in total. The zero-order valence-corrected chi connectivity index (χ0v) is 14.7. The summed E-state index contributed by atoms with van der Waals surface area (Å²) in [6.07, 6.45) is -2.86. The molecule has 10 heteroatoms. The molecule has 0 spiro atoms. The number of sulfonamides is 1. The number of alkyl halides is 3. The Morgan fingerprint density at radius 3 is 2.46 bits per heavy atom. The molecule has 1 amide bonds. The van der Waals surface area contributed by atoms with E-state index >= 15 is 0 Å². The Labute approximate surface area is 143 Å². The van der Waals surface area contributed by atoms with Crippen molar-refractivity contribution in [1.29, 1.82) is 0 Å². The Morgan fingerprint density at radius 2 is 1.96 bits per heavy atom. The second kappa shape index (κ2) is 8.06. The van der Waals surface area contributed by atoms with Gasteiger partial charge in [-0.3, -0.25) is 9.10 Å². The van der Waals surface area contributed by atoms with Crippen molar-refractivity contribution in [3.63, 3.8) is 0 Å². The van der Waals surface area contributed by atoms with Crippen LogP contribution in [0.2, 0.25) is 5.02 Å². The molecule has 0 saturated heterocycles. The van der Waals surface area contributed by atoms with Crippen LogP contribution in [0.5, 0.6) is 0 Å². The van der Waals surface area contributed by atoms with Crippen molar-refractivity contribution >= 4 is 33.2 Å². The minimum absolute atomic E-state index is 0.0432. The highest BCUT2D eigenvalue weighted by Gasteiger charge is 2.32. The molecule has 1 aromatic rings. The van der Waals surface area contributed by atoms with E-state index in [0.29, 0.717) is 12.5 Å². The number of amides is 1. The molecule has 24 heavy (non-hydrogen) atoms. The average Bonchev–Trinajstić information content (AvgIpc) is 2.42.